The zero-order valence-electron chi connectivity index (χ0n) is 20.2. The number of nitrogens with one attached hydrogen (secondary N) is 1. The first kappa shape index (κ1) is 25.2. The van der Waals surface area contributed by atoms with E-state index in [1.54, 1.807) is 44.4 Å². The van der Waals surface area contributed by atoms with Crippen molar-refractivity contribution in [3.63, 3.8) is 0 Å². The Balaban J connectivity index is 1.78. The number of benzene rings is 1. The monoisotopic (exact) mass is 511 g/mol. The smallest absolute Gasteiger partial charge is 0.270 e. The van der Waals surface area contributed by atoms with E-state index in [4.69, 9.17) is 20.6 Å². The summed E-state index contributed by atoms with van der Waals surface area (Å²) in [4.78, 5) is 40.7. The summed E-state index contributed by atoms with van der Waals surface area (Å²) < 4.78 is 15.2. The van der Waals surface area contributed by atoms with E-state index in [1.807, 2.05) is 6.07 Å². The third-order valence-electron chi connectivity index (χ3n) is 6.20. The Morgan fingerprint density at radius 1 is 1.25 bits per heavy atom. The van der Waals surface area contributed by atoms with Gasteiger partial charge in [0.25, 0.3) is 17.7 Å². The van der Waals surface area contributed by atoms with Gasteiger partial charge in [0, 0.05) is 12.6 Å². The number of carbonyl (C=O) groups is 3. The fourth-order valence-corrected chi connectivity index (χ4v) is 5.14. The van der Waals surface area contributed by atoms with Crippen molar-refractivity contribution in [2.24, 2.45) is 5.73 Å². The van der Waals surface area contributed by atoms with Crippen LogP contribution in [0.3, 0.4) is 0 Å². The fraction of sp³-hybridized carbons (Fsp3) is 0.360. The van der Waals surface area contributed by atoms with Gasteiger partial charge in [-0.15, -0.1) is 0 Å². The molecule has 5 N–H and O–H groups in total. The number of hydrogen-bond acceptors (Lipinski definition) is 8. The number of aromatic nitrogens is 1. The second-order valence-corrected chi connectivity index (χ2v) is 9.54. The lowest BCUT2D eigenvalue weighted by Crippen LogP contribution is -2.45. The standard InChI is InChI=1S/C25H29N5O5S/c1-14-10-11-18(35-14)21(24(32)28-16-7-3-4-8-16)30(13-15-6-5-9-17(12-15)34-2)25(33)22-19(26)20(23(27)31)29-36-22/h5-6,9-12,16,21H,3-4,7-8,13,26H2,1-2H3,(H2,27,31)(H,28,32). The molecule has 0 spiro atoms. The molecular formula is C25H29N5O5S. The minimum absolute atomic E-state index is 0.0219. The molecule has 2 heterocycles. The molecule has 1 aliphatic rings. The molecule has 4 rings (SSSR count). The summed E-state index contributed by atoms with van der Waals surface area (Å²) in [5, 5.41) is 3.08. The van der Waals surface area contributed by atoms with E-state index >= 15 is 0 Å². The molecule has 2 aromatic heterocycles. The van der Waals surface area contributed by atoms with Crippen LogP contribution in [0.1, 0.15) is 69.0 Å². The van der Waals surface area contributed by atoms with E-state index in [1.165, 1.54) is 4.90 Å². The number of ether oxygens (including phenoxy) is 1. The minimum atomic E-state index is -1.09. The van der Waals surface area contributed by atoms with Gasteiger partial charge in [0.15, 0.2) is 11.7 Å². The molecule has 1 unspecified atom stereocenters. The maximum Gasteiger partial charge on any atom is 0.270 e. The number of carbonyl (C=O) groups excluding carboxylic acids is 3. The lowest BCUT2D eigenvalue weighted by Gasteiger charge is -2.30. The van der Waals surface area contributed by atoms with E-state index < -0.39 is 17.9 Å². The summed E-state index contributed by atoms with van der Waals surface area (Å²) in [5.74, 6) is -0.233. The minimum Gasteiger partial charge on any atom is -0.497 e. The number of nitrogens with two attached hydrogens (primary N) is 2. The number of amides is 3. The Hall–Kier alpha value is -3.86. The Morgan fingerprint density at radius 2 is 2.00 bits per heavy atom. The molecule has 3 aromatic rings. The van der Waals surface area contributed by atoms with E-state index in [9.17, 15) is 14.4 Å². The highest BCUT2D eigenvalue weighted by molar-refractivity contribution is 7.09. The molecule has 3 amide bonds. The molecule has 0 bridgehead atoms. The fourth-order valence-electron chi connectivity index (χ4n) is 4.38. The second-order valence-electron chi connectivity index (χ2n) is 8.76. The zero-order chi connectivity index (χ0) is 25.8. The molecule has 1 aliphatic carbocycles. The molecule has 0 aliphatic heterocycles. The van der Waals surface area contributed by atoms with Crippen LogP contribution in [0.5, 0.6) is 5.75 Å². The molecule has 190 valence electrons. The predicted molar refractivity (Wildman–Crippen MR) is 134 cm³/mol. The summed E-state index contributed by atoms with van der Waals surface area (Å²) >= 11 is 0.768. The highest BCUT2D eigenvalue weighted by Gasteiger charge is 2.37. The maximum absolute atomic E-state index is 13.9. The molecule has 1 saturated carbocycles. The molecule has 10 nitrogen and oxygen atoms in total. The van der Waals surface area contributed by atoms with Crippen molar-refractivity contribution in [1.29, 1.82) is 0 Å². The second kappa shape index (κ2) is 10.8. The zero-order valence-corrected chi connectivity index (χ0v) is 21.0. The van der Waals surface area contributed by atoms with Crippen LogP contribution in [0.4, 0.5) is 5.69 Å². The average Bonchev–Trinajstić information content (AvgIpc) is 3.60. The SMILES string of the molecule is COc1cccc(CN(C(=O)c2snc(C(N)=O)c2N)C(C(=O)NC2CCCC2)c2ccc(C)o2)c1. The van der Waals surface area contributed by atoms with Crippen molar-refractivity contribution >= 4 is 34.9 Å². The molecule has 36 heavy (non-hydrogen) atoms. The van der Waals surface area contributed by atoms with Gasteiger partial charge in [-0.1, -0.05) is 25.0 Å². The summed E-state index contributed by atoms with van der Waals surface area (Å²) in [5.41, 5.74) is 11.9. The van der Waals surface area contributed by atoms with Gasteiger partial charge < -0.3 is 30.8 Å². The Labute approximate surface area is 212 Å². The van der Waals surface area contributed by atoms with Crippen molar-refractivity contribution in [1.82, 2.24) is 14.6 Å². The third-order valence-corrected chi connectivity index (χ3v) is 7.05. The van der Waals surface area contributed by atoms with Gasteiger partial charge in [0.05, 0.1) is 12.8 Å². The quantitative estimate of drug-likeness (QED) is 0.399. The largest absolute Gasteiger partial charge is 0.497 e. The van der Waals surface area contributed by atoms with E-state index in [0.717, 1.165) is 42.8 Å². The van der Waals surface area contributed by atoms with Gasteiger partial charge in [0.1, 0.15) is 22.1 Å². The number of anilines is 1. The van der Waals surface area contributed by atoms with Crippen molar-refractivity contribution in [2.75, 3.05) is 12.8 Å². The molecular weight excluding hydrogens is 482 g/mol. The first-order chi connectivity index (χ1) is 17.3. The van der Waals surface area contributed by atoms with Crippen molar-refractivity contribution in [3.8, 4) is 5.75 Å². The highest BCUT2D eigenvalue weighted by atomic mass is 32.1. The first-order valence-electron chi connectivity index (χ1n) is 11.6. The van der Waals surface area contributed by atoms with Crippen LogP contribution < -0.4 is 21.5 Å². The van der Waals surface area contributed by atoms with Crippen molar-refractivity contribution in [2.45, 2.75) is 51.2 Å². The average molecular weight is 512 g/mol. The predicted octanol–water partition coefficient (Wildman–Crippen LogP) is 3.18. The lowest BCUT2D eigenvalue weighted by atomic mass is 10.1. The van der Waals surface area contributed by atoms with Gasteiger partial charge in [-0.3, -0.25) is 14.4 Å². The van der Waals surface area contributed by atoms with Crippen LogP contribution in [0, 0.1) is 6.92 Å². The molecule has 1 aromatic carbocycles. The number of furan rings is 1. The van der Waals surface area contributed by atoms with Gasteiger partial charge >= 0.3 is 0 Å². The highest BCUT2D eigenvalue weighted by Crippen LogP contribution is 2.32. The van der Waals surface area contributed by atoms with Gasteiger partial charge in [0.2, 0.25) is 0 Å². The van der Waals surface area contributed by atoms with Gasteiger partial charge in [-0.25, -0.2) is 0 Å². The number of methoxy groups -OCH3 is 1. The molecule has 11 heteroatoms. The topological polar surface area (TPSA) is 154 Å². The van der Waals surface area contributed by atoms with E-state index in [0.29, 0.717) is 17.3 Å². The van der Waals surface area contributed by atoms with Crippen LogP contribution in [0.15, 0.2) is 40.8 Å². The van der Waals surface area contributed by atoms with Crippen molar-refractivity contribution in [3.05, 3.63) is 64.1 Å². The first-order valence-corrected chi connectivity index (χ1v) is 12.4. The van der Waals surface area contributed by atoms with Crippen LogP contribution in [0.2, 0.25) is 0 Å². The lowest BCUT2D eigenvalue weighted by molar-refractivity contribution is -0.127. The number of nitrogen functional groups attached to an aromatic ring is 1. The number of primary amides is 1. The summed E-state index contributed by atoms with van der Waals surface area (Å²) in [7, 11) is 1.55. The van der Waals surface area contributed by atoms with Crippen LogP contribution in [0.25, 0.3) is 0 Å². The Morgan fingerprint density at radius 3 is 2.61 bits per heavy atom. The summed E-state index contributed by atoms with van der Waals surface area (Å²) in [6.07, 6.45) is 3.83. The van der Waals surface area contributed by atoms with E-state index in [2.05, 4.69) is 9.69 Å². The summed E-state index contributed by atoms with van der Waals surface area (Å²) in [6.45, 7) is 1.81. The molecule has 1 fully saturated rings. The number of hydrogen-bond donors (Lipinski definition) is 3. The summed E-state index contributed by atoms with van der Waals surface area (Å²) in [6, 6.07) is 9.56. The number of aryl methyl sites for hydroxylation is 1. The van der Waals surface area contributed by atoms with Gasteiger partial charge in [-0.2, -0.15) is 4.37 Å². The Bertz CT molecular complexity index is 1260. The third kappa shape index (κ3) is 5.35. The maximum atomic E-state index is 13.9. The molecule has 0 saturated heterocycles. The Kier molecular flexibility index (Phi) is 7.58. The normalized spacial score (nSPS) is 14.4. The van der Waals surface area contributed by atoms with Crippen LogP contribution in [-0.2, 0) is 11.3 Å². The van der Waals surface area contributed by atoms with Crippen LogP contribution in [-0.4, -0.2) is 40.1 Å². The molecule has 0 radical (unpaired) electrons. The van der Waals surface area contributed by atoms with E-state index in [-0.39, 0.29) is 34.8 Å². The van der Waals surface area contributed by atoms with Crippen molar-refractivity contribution < 1.29 is 23.5 Å². The van der Waals surface area contributed by atoms with Gasteiger partial charge in [-0.05, 0) is 61.1 Å². The van der Waals surface area contributed by atoms with Crippen LogP contribution >= 0.6 is 11.5 Å². The molecule has 1 atom stereocenters. The number of nitrogens with zero attached hydrogens (tertiary/aromatic N) is 2. The number of rotatable bonds is 9.